The summed E-state index contributed by atoms with van der Waals surface area (Å²) in [6, 6.07) is 1.50. The number of likely N-dealkylation sites (tertiary alicyclic amines) is 1. The van der Waals surface area contributed by atoms with Gasteiger partial charge in [0, 0.05) is 12.1 Å². The lowest BCUT2D eigenvalue weighted by atomic mass is 9.90. The van der Waals surface area contributed by atoms with Crippen LogP contribution in [0.4, 0.5) is 0 Å². The summed E-state index contributed by atoms with van der Waals surface area (Å²) in [6.07, 6.45) is 7.00. The molecule has 2 aliphatic rings. The van der Waals surface area contributed by atoms with Crippen molar-refractivity contribution in [2.24, 2.45) is 0 Å². The van der Waals surface area contributed by atoms with Gasteiger partial charge in [-0.25, -0.2) is 0 Å². The molecule has 17 heavy (non-hydrogen) atoms. The summed E-state index contributed by atoms with van der Waals surface area (Å²) in [6.45, 7) is 5.99. The van der Waals surface area contributed by atoms with E-state index in [1.807, 2.05) is 0 Å². The minimum absolute atomic E-state index is 0.0263. The third-order valence-electron chi connectivity index (χ3n) is 4.82. The summed E-state index contributed by atoms with van der Waals surface area (Å²) in [5.41, 5.74) is 0. The smallest absolute Gasteiger partial charge is 0.0541 e. The molecular formula is C14H28N2O. The normalized spacial score (nSPS) is 33.2. The highest BCUT2D eigenvalue weighted by Crippen LogP contribution is 2.26. The van der Waals surface area contributed by atoms with Crippen LogP contribution in [0.5, 0.6) is 0 Å². The van der Waals surface area contributed by atoms with E-state index < -0.39 is 0 Å². The van der Waals surface area contributed by atoms with Crippen LogP contribution in [-0.2, 0) is 0 Å². The van der Waals surface area contributed by atoms with Crippen molar-refractivity contribution in [1.82, 2.24) is 9.80 Å². The molecule has 1 saturated carbocycles. The van der Waals surface area contributed by atoms with Gasteiger partial charge in [-0.1, -0.05) is 6.92 Å². The van der Waals surface area contributed by atoms with Crippen molar-refractivity contribution in [3.63, 3.8) is 0 Å². The maximum atomic E-state index is 9.56. The molecule has 1 aliphatic carbocycles. The summed E-state index contributed by atoms with van der Waals surface area (Å²) in [4.78, 5) is 5.16. The Bertz CT molecular complexity index is 218. The van der Waals surface area contributed by atoms with Crippen molar-refractivity contribution in [2.45, 2.75) is 63.6 Å². The van der Waals surface area contributed by atoms with Crippen molar-refractivity contribution in [3.8, 4) is 0 Å². The van der Waals surface area contributed by atoms with Crippen LogP contribution in [0.2, 0.25) is 0 Å². The lowest BCUT2D eigenvalue weighted by Gasteiger charge is -2.42. The molecule has 0 aromatic heterocycles. The monoisotopic (exact) mass is 240 g/mol. The van der Waals surface area contributed by atoms with E-state index in [-0.39, 0.29) is 6.10 Å². The zero-order valence-corrected chi connectivity index (χ0v) is 11.4. The van der Waals surface area contributed by atoms with Gasteiger partial charge in [0.25, 0.3) is 0 Å². The average molecular weight is 240 g/mol. The standard InChI is InChI=1S/C14H28N2O/c1-3-16-10-8-13(9-11-16)15(2)12-4-6-14(17)7-5-12/h12-14,17H,3-11H2,1-2H3. The molecule has 0 atom stereocenters. The van der Waals surface area contributed by atoms with E-state index in [1.165, 1.54) is 45.3 Å². The summed E-state index contributed by atoms with van der Waals surface area (Å²) in [7, 11) is 2.30. The maximum absolute atomic E-state index is 9.56. The molecule has 1 heterocycles. The zero-order chi connectivity index (χ0) is 12.3. The summed E-state index contributed by atoms with van der Waals surface area (Å²) < 4.78 is 0. The summed E-state index contributed by atoms with van der Waals surface area (Å²) >= 11 is 0. The maximum Gasteiger partial charge on any atom is 0.0541 e. The van der Waals surface area contributed by atoms with Gasteiger partial charge < -0.3 is 14.9 Å². The van der Waals surface area contributed by atoms with Crippen LogP contribution >= 0.6 is 0 Å². The number of hydrogen-bond acceptors (Lipinski definition) is 3. The Morgan fingerprint density at radius 3 is 2.06 bits per heavy atom. The van der Waals surface area contributed by atoms with Crippen molar-refractivity contribution >= 4 is 0 Å². The van der Waals surface area contributed by atoms with Gasteiger partial charge >= 0.3 is 0 Å². The Labute approximate surface area is 106 Å². The van der Waals surface area contributed by atoms with Crippen molar-refractivity contribution in [3.05, 3.63) is 0 Å². The Morgan fingerprint density at radius 1 is 1.00 bits per heavy atom. The minimum atomic E-state index is -0.0263. The largest absolute Gasteiger partial charge is 0.393 e. The fourth-order valence-corrected chi connectivity index (χ4v) is 3.41. The first kappa shape index (κ1) is 13.3. The fourth-order valence-electron chi connectivity index (χ4n) is 3.41. The molecule has 0 unspecified atom stereocenters. The average Bonchev–Trinajstić information content (AvgIpc) is 2.39. The van der Waals surface area contributed by atoms with Crippen LogP contribution in [0.15, 0.2) is 0 Å². The second-order valence-electron chi connectivity index (χ2n) is 5.79. The number of aliphatic hydroxyl groups is 1. The van der Waals surface area contributed by atoms with Gasteiger partial charge in [0.15, 0.2) is 0 Å². The SMILES string of the molecule is CCN1CCC(N(C)C2CCC(O)CC2)CC1. The lowest BCUT2D eigenvalue weighted by molar-refractivity contribution is 0.0464. The van der Waals surface area contributed by atoms with Crippen LogP contribution in [0, 0.1) is 0 Å². The second kappa shape index (κ2) is 6.17. The number of aliphatic hydroxyl groups excluding tert-OH is 1. The highest BCUT2D eigenvalue weighted by molar-refractivity contribution is 4.84. The zero-order valence-electron chi connectivity index (χ0n) is 11.4. The third-order valence-corrected chi connectivity index (χ3v) is 4.82. The molecule has 1 aliphatic heterocycles. The Balaban J connectivity index is 1.78. The number of piperidine rings is 1. The quantitative estimate of drug-likeness (QED) is 0.813. The Morgan fingerprint density at radius 2 is 1.53 bits per heavy atom. The Kier molecular flexibility index (Phi) is 4.83. The molecule has 0 spiro atoms. The third kappa shape index (κ3) is 3.43. The van der Waals surface area contributed by atoms with E-state index in [0.717, 1.165) is 24.9 Å². The molecule has 0 bridgehead atoms. The van der Waals surface area contributed by atoms with Crippen molar-refractivity contribution in [1.29, 1.82) is 0 Å². The highest BCUT2D eigenvalue weighted by atomic mass is 16.3. The van der Waals surface area contributed by atoms with Gasteiger partial charge in [-0.3, -0.25) is 0 Å². The van der Waals surface area contributed by atoms with Gasteiger partial charge in [0.2, 0.25) is 0 Å². The number of nitrogens with zero attached hydrogens (tertiary/aromatic N) is 2. The predicted molar refractivity (Wildman–Crippen MR) is 71.2 cm³/mol. The van der Waals surface area contributed by atoms with Gasteiger partial charge in [0.1, 0.15) is 0 Å². The molecule has 2 fully saturated rings. The summed E-state index contributed by atoms with van der Waals surface area (Å²) in [5, 5.41) is 9.56. The van der Waals surface area contributed by atoms with E-state index in [9.17, 15) is 5.11 Å². The van der Waals surface area contributed by atoms with Crippen molar-refractivity contribution in [2.75, 3.05) is 26.7 Å². The first-order chi connectivity index (χ1) is 8.20. The fraction of sp³-hybridized carbons (Fsp3) is 1.00. The Hall–Kier alpha value is -0.120. The van der Waals surface area contributed by atoms with Crippen LogP contribution in [0.1, 0.15) is 45.4 Å². The lowest BCUT2D eigenvalue weighted by Crippen LogP contribution is -2.48. The molecule has 2 rings (SSSR count). The molecule has 3 heteroatoms. The van der Waals surface area contributed by atoms with E-state index in [2.05, 4.69) is 23.8 Å². The van der Waals surface area contributed by atoms with Gasteiger partial charge in [-0.05, 0) is 65.2 Å². The van der Waals surface area contributed by atoms with Crippen LogP contribution in [0.3, 0.4) is 0 Å². The first-order valence-electron chi connectivity index (χ1n) is 7.33. The molecule has 100 valence electrons. The topological polar surface area (TPSA) is 26.7 Å². The first-order valence-corrected chi connectivity index (χ1v) is 7.33. The molecule has 1 N–H and O–H groups in total. The van der Waals surface area contributed by atoms with E-state index in [4.69, 9.17) is 0 Å². The molecule has 0 radical (unpaired) electrons. The number of hydrogen-bond donors (Lipinski definition) is 1. The highest BCUT2D eigenvalue weighted by Gasteiger charge is 2.29. The minimum Gasteiger partial charge on any atom is -0.393 e. The molecular weight excluding hydrogens is 212 g/mol. The van der Waals surface area contributed by atoms with Crippen molar-refractivity contribution < 1.29 is 5.11 Å². The molecule has 0 aromatic carbocycles. The van der Waals surface area contributed by atoms with Gasteiger partial charge in [-0.15, -0.1) is 0 Å². The van der Waals surface area contributed by atoms with Gasteiger partial charge in [-0.2, -0.15) is 0 Å². The second-order valence-corrected chi connectivity index (χ2v) is 5.79. The van der Waals surface area contributed by atoms with E-state index in [1.54, 1.807) is 0 Å². The van der Waals surface area contributed by atoms with Crippen LogP contribution in [-0.4, -0.2) is 59.8 Å². The predicted octanol–water partition coefficient (Wildman–Crippen LogP) is 1.71. The molecule has 0 aromatic rings. The number of rotatable bonds is 3. The molecule has 1 saturated heterocycles. The molecule has 0 amide bonds. The van der Waals surface area contributed by atoms with E-state index >= 15 is 0 Å². The van der Waals surface area contributed by atoms with E-state index in [0.29, 0.717) is 0 Å². The van der Waals surface area contributed by atoms with Crippen LogP contribution < -0.4 is 0 Å². The van der Waals surface area contributed by atoms with Gasteiger partial charge in [0.05, 0.1) is 6.10 Å². The summed E-state index contributed by atoms with van der Waals surface area (Å²) in [5.74, 6) is 0. The van der Waals surface area contributed by atoms with Crippen LogP contribution in [0.25, 0.3) is 0 Å². The molecule has 3 nitrogen and oxygen atoms in total.